The molecule has 1 aliphatic heterocycles. The summed E-state index contributed by atoms with van der Waals surface area (Å²) in [5.41, 5.74) is 1.09. The highest BCUT2D eigenvalue weighted by molar-refractivity contribution is 5.62. The maximum Gasteiger partial charge on any atom is 0.163 e. The van der Waals surface area contributed by atoms with Gasteiger partial charge in [0.1, 0.15) is 11.6 Å². The van der Waals surface area contributed by atoms with Gasteiger partial charge in [-0.1, -0.05) is 50.1 Å². The highest BCUT2D eigenvalue weighted by Crippen LogP contribution is 2.28. The molecule has 25 heavy (non-hydrogen) atoms. The Kier molecular flexibility index (Phi) is 4.86. The van der Waals surface area contributed by atoms with Crippen LogP contribution in [0, 0.1) is 5.92 Å². The van der Waals surface area contributed by atoms with E-state index in [9.17, 15) is 0 Å². The number of piperidine rings is 1. The molecule has 4 nitrogen and oxygen atoms in total. The summed E-state index contributed by atoms with van der Waals surface area (Å²) in [6, 6.07) is 13.1. The standard InChI is InChI=1S/C21H28N4/c1-16-11-13-25(14-12-16)20-15-19(22-18-9-5-6-10-18)23-21(24-20)17-7-3-2-4-8-17/h2-4,7-8,15-16,18H,5-6,9-14H2,1H3,(H,22,23,24). The van der Waals surface area contributed by atoms with Crippen LogP contribution in [0.4, 0.5) is 11.6 Å². The molecule has 2 aliphatic rings. The summed E-state index contributed by atoms with van der Waals surface area (Å²) in [6.45, 7) is 4.53. The first-order valence-corrected chi connectivity index (χ1v) is 9.74. The van der Waals surface area contributed by atoms with Crippen molar-refractivity contribution < 1.29 is 0 Å². The molecule has 2 fully saturated rings. The number of nitrogens with one attached hydrogen (secondary N) is 1. The molecule has 0 unspecified atom stereocenters. The van der Waals surface area contributed by atoms with Crippen molar-refractivity contribution in [3.05, 3.63) is 36.4 Å². The number of benzene rings is 1. The van der Waals surface area contributed by atoms with Gasteiger partial charge in [0, 0.05) is 30.8 Å². The van der Waals surface area contributed by atoms with E-state index in [1.54, 1.807) is 0 Å². The molecule has 4 rings (SSSR count). The summed E-state index contributed by atoms with van der Waals surface area (Å²) >= 11 is 0. The van der Waals surface area contributed by atoms with Crippen molar-refractivity contribution in [3.8, 4) is 11.4 Å². The van der Waals surface area contributed by atoms with Crippen LogP contribution in [-0.2, 0) is 0 Å². The second kappa shape index (κ2) is 7.42. The summed E-state index contributed by atoms with van der Waals surface area (Å²) in [6.07, 6.45) is 7.64. The van der Waals surface area contributed by atoms with Crippen LogP contribution in [0.5, 0.6) is 0 Å². The molecule has 132 valence electrons. The Morgan fingerprint density at radius 1 is 0.960 bits per heavy atom. The van der Waals surface area contributed by atoms with Crippen molar-refractivity contribution in [1.82, 2.24) is 9.97 Å². The largest absolute Gasteiger partial charge is 0.367 e. The SMILES string of the molecule is CC1CCN(c2cc(NC3CCCC3)nc(-c3ccccc3)n2)CC1. The van der Waals surface area contributed by atoms with Gasteiger partial charge in [-0.05, 0) is 31.6 Å². The van der Waals surface area contributed by atoms with Gasteiger partial charge in [-0.3, -0.25) is 0 Å². The lowest BCUT2D eigenvalue weighted by molar-refractivity contribution is 0.436. The van der Waals surface area contributed by atoms with Crippen LogP contribution in [0.2, 0.25) is 0 Å². The lowest BCUT2D eigenvalue weighted by Gasteiger charge is -2.31. The molecule has 2 heterocycles. The van der Waals surface area contributed by atoms with Crippen LogP contribution in [0.1, 0.15) is 45.4 Å². The predicted octanol–water partition coefficient (Wildman–Crippen LogP) is 4.73. The molecule has 2 aromatic rings. The molecule has 0 bridgehead atoms. The van der Waals surface area contributed by atoms with E-state index in [0.717, 1.165) is 42.0 Å². The first-order chi connectivity index (χ1) is 12.3. The van der Waals surface area contributed by atoms with Crippen LogP contribution in [-0.4, -0.2) is 29.1 Å². The van der Waals surface area contributed by atoms with Gasteiger partial charge in [0.2, 0.25) is 0 Å². The van der Waals surface area contributed by atoms with Gasteiger partial charge >= 0.3 is 0 Å². The van der Waals surface area contributed by atoms with Gasteiger partial charge in [0.05, 0.1) is 0 Å². The lowest BCUT2D eigenvalue weighted by atomic mass is 9.99. The zero-order chi connectivity index (χ0) is 17.1. The quantitative estimate of drug-likeness (QED) is 0.876. The summed E-state index contributed by atoms with van der Waals surface area (Å²) in [5.74, 6) is 3.70. The minimum absolute atomic E-state index is 0.563. The average Bonchev–Trinajstić information content (AvgIpc) is 3.16. The minimum atomic E-state index is 0.563. The summed E-state index contributed by atoms with van der Waals surface area (Å²) in [7, 11) is 0. The van der Waals surface area contributed by atoms with E-state index in [0.29, 0.717) is 6.04 Å². The molecular formula is C21H28N4. The second-order valence-corrected chi connectivity index (χ2v) is 7.60. The van der Waals surface area contributed by atoms with Gasteiger partial charge in [0.15, 0.2) is 5.82 Å². The monoisotopic (exact) mass is 336 g/mol. The lowest BCUT2D eigenvalue weighted by Crippen LogP contribution is -2.33. The van der Waals surface area contributed by atoms with Gasteiger partial charge in [0.25, 0.3) is 0 Å². The van der Waals surface area contributed by atoms with Crippen LogP contribution >= 0.6 is 0 Å². The van der Waals surface area contributed by atoms with Crippen molar-refractivity contribution in [1.29, 1.82) is 0 Å². The van der Waals surface area contributed by atoms with Crippen LogP contribution in [0.25, 0.3) is 11.4 Å². The van der Waals surface area contributed by atoms with Crippen LogP contribution in [0.3, 0.4) is 0 Å². The van der Waals surface area contributed by atoms with Gasteiger partial charge in [-0.2, -0.15) is 0 Å². The van der Waals surface area contributed by atoms with E-state index >= 15 is 0 Å². The molecule has 4 heteroatoms. The van der Waals surface area contributed by atoms with E-state index < -0.39 is 0 Å². The number of aromatic nitrogens is 2. The molecule has 0 atom stereocenters. The van der Waals surface area contributed by atoms with Crippen molar-refractivity contribution in [2.24, 2.45) is 5.92 Å². The fourth-order valence-electron chi connectivity index (χ4n) is 3.90. The van der Waals surface area contributed by atoms with E-state index in [-0.39, 0.29) is 0 Å². The van der Waals surface area contributed by atoms with Crippen molar-refractivity contribution in [3.63, 3.8) is 0 Å². The average molecular weight is 336 g/mol. The Morgan fingerprint density at radius 3 is 2.40 bits per heavy atom. The highest BCUT2D eigenvalue weighted by atomic mass is 15.2. The van der Waals surface area contributed by atoms with Crippen molar-refractivity contribution >= 4 is 11.6 Å². The number of hydrogen-bond acceptors (Lipinski definition) is 4. The minimum Gasteiger partial charge on any atom is -0.367 e. The molecule has 1 saturated heterocycles. The topological polar surface area (TPSA) is 41.0 Å². The number of anilines is 2. The Hall–Kier alpha value is -2.10. The number of hydrogen-bond donors (Lipinski definition) is 1. The van der Waals surface area contributed by atoms with E-state index in [1.165, 1.54) is 38.5 Å². The molecule has 1 aromatic carbocycles. The Labute approximate surface area is 150 Å². The highest BCUT2D eigenvalue weighted by Gasteiger charge is 2.20. The third-order valence-corrected chi connectivity index (χ3v) is 5.56. The summed E-state index contributed by atoms with van der Waals surface area (Å²) in [4.78, 5) is 12.2. The van der Waals surface area contributed by atoms with Crippen LogP contribution < -0.4 is 10.2 Å². The smallest absolute Gasteiger partial charge is 0.163 e. The predicted molar refractivity (Wildman–Crippen MR) is 104 cm³/mol. The van der Waals surface area contributed by atoms with E-state index in [2.05, 4.69) is 47.5 Å². The maximum absolute atomic E-state index is 4.90. The number of rotatable bonds is 4. The van der Waals surface area contributed by atoms with E-state index in [4.69, 9.17) is 9.97 Å². The van der Waals surface area contributed by atoms with Crippen molar-refractivity contribution in [2.45, 2.75) is 51.5 Å². The third-order valence-electron chi connectivity index (χ3n) is 5.56. The molecule has 1 aromatic heterocycles. The van der Waals surface area contributed by atoms with Crippen LogP contribution in [0.15, 0.2) is 36.4 Å². The fraction of sp³-hybridized carbons (Fsp3) is 0.524. The molecular weight excluding hydrogens is 308 g/mol. The normalized spacial score (nSPS) is 19.3. The second-order valence-electron chi connectivity index (χ2n) is 7.60. The van der Waals surface area contributed by atoms with Gasteiger partial charge < -0.3 is 10.2 Å². The molecule has 0 spiro atoms. The third kappa shape index (κ3) is 3.94. The molecule has 0 amide bonds. The van der Waals surface area contributed by atoms with Gasteiger partial charge in [-0.15, -0.1) is 0 Å². The molecule has 0 radical (unpaired) electrons. The Morgan fingerprint density at radius 2 is 1.68 bits per heavy atom. The molecule has 1 aliphatic carbocycles. The van der Waals surface area contributed by atoms with E-state index in [1.807, 2.05) is 6.07 Å². The molecule has 1 N–H and O–H groups in total. The van der Waals surface area contributed by atoms with Crippen molar-refractivity contribution in [2.75, 3.05) is 23.3 Å². The Balaban J connectivity index is 1.64. The zero-order valence-corrected chi connectivity index (χ0v) is 15.1. The first kappa shape index (κ1) is 16.4. The van der Waals surface area contributed by atoms with Gasteiger partial charge in [-0.25, -0.2) is 9.97 Å². The first-order valence-electron chi connectivity index (χ1n) is 9.74. The summed E-state index contributed by atoms with van der Waals surface area (Å²) in [5, 5.41) is 3.66. The maximum atomic E-state index is 4.90. The molecule has 1 saturated carbocycles. The summed E-state index contributed by atoms with van der Waals surface area (Å²) < 4.78 is 0. The Bertz CT molecular complexity index is 686. The fourth-order valence-corrected chi connectivity index (χ4v) is 3.90. The number of nitrogens with zero attached hydrogens (tertiary/aromatic N) is 3. The zero-order valence-electron chi connectivity index (χ0n) is 15.1.